The summed E-state index contributed by atoms with van der Waals surface area (Å²) in [4.78, 5) is 2.54. The van der Waals surface area contributed by atoms with Crippen LogP contribution in [0, 0.1) is 0 Å². The summed E-state index contributed by atoms with van der Waals surface area (Å²) in [5, 5.41) is 10.3. The number of nitrogens with zero attached hydrogens (tertiary/aromatic N) is 1. The lowest BCUT2D eigenvalue weighted by Gasteiger charge is -2.35. The molecule has 1 aromatic carbocycles. The van der Waals surface area contributed by atoms with Crippen LogP contribution in [-0.2, 0) is 0 Å². The van der Waals surface area contributed by atoms with Gasteiger partial charge in [0, 0.05) is 18.3 Å². The lowest BCUT2D eigenvalue weighted by Crippen LogP contribution is -2.40. The molecule has 1 aliphatic heterocycles. The van der Waals surface area contributed by atoms with Crippen molar-refractivity contribution < 1.29 is 5.11 Å². The number of anilines is 1. The number of nitrogen functional groups attached to an aromatic ring is 1. The number of nitrogens with two attached hydrogens (primary N) is 1. The molecule has 3 N–H and O–H groups in total. The first kappa shape index (κ1) is 14.4. The van der Waals surface area contributed by atoms with Crippen molar-refractivity contribution in [2.24, 2.45) is 0 Å². The van der Waals surface area contributed by atoms with Gasteiger partial charge in [-0.1, -0.05) is 25.5 Å². The highest BCUT2D eigenvalue weighted by molar-refractivity contribution is 5.41. The minimum absolute atomic E-state index is 0.400. The van der Waals surface area contributed by atoms with Gasteiger partial charge in [0.25, 0.3) is 0 Å². The van der Waals surface area contributed by atoms with Crippen molar-refractivity contribution in [3.63, 3.8) is 0 Å². The van der Waals surface area contributed by atoms with Crippen LogP contribution in [0.25, 0.3) is 0 Å². The summed E-state index contributed by atoms with van der Waals surface area (Å²) in [7, 11) is 0. The van der Waals surface area contributed by atoms with E-state index in [4.69, 9.17) is 5.73 Å². The summed E-state index contributed by atoms with van der Waals surface area (Å²) in [5.41, 5.74) is 7.42. The first-order valence-electron chi connectivity index (χ1n) is 7.48. The molecule has 2 atom stereocenters. The number of rotatable bonds is 5. The van der Waals surface area contributed by atoms with E-state index in [1.807, 2.05) is 24.3 Å². The van der Waals surface area contributed by atoms with Crippen LogP contribution in [0.2, 0.25) is 0 Å². The monoisotopic (exact) mass is 262 g/mol. The number of likely N-dealkylation sites (tertiary alicyclic amines) is 1. The molecule has 1 heterocycles. The predicted molar refractivity (Wildman–Crippen MR) is 79.9 cm³/mol. The number of aliphatic hydroxyl groups is 1. The van der Waals surface area contributed by atoms with E-state index in [9.17, 15) is 5.11 Å². The van der Waals surface area contributed by atoms with Crippen LogP contribution in [0.3, 0.4) is 0 Å². The molecule has 106 valence electrons. The highest BCUT2D eigenvalue weighted by Gasteiger charge is 2.21. The maximum atomic E-state index is 10.3. The molecule has 2 rings (SSSR count). The molecule has 3 heteroatoms. The lowest BCUT2D eigenvalue weighted by atomic mass is 9.98. The average Bonchev–Trinajstić information content (AvgIpc) is 2.45. The zero-order valence-electron chi connectivity index (χ0n) is 11.9. The largest absolute Gasteiger partial charge is 0.399 e. The zero-order chi connectivity index (χ0) is 13.7. The third-order valence-corrected chi connectivity index (χ3v) is 4.21. The molecule has 0 radical (unpaired) electrons. The topological polar surface area (TPSA) is 49.5 Å². The van der Waals surface area contributed by atoms with E-state index in [0.29, 0.717) is 6.04 Å². The second-order valence-corrected chi connectivity index (χ2v) is 5.57. The highest BCUT2D eigenvalue weighted by atomic mass is 16.3. The normalized spacial score (nSPS) is 22.3. The van der Waals surface area contributed by atoms with Crippen molar-refractivity contribution in [3.05, 3.63) is 29.8 Å². The van der Waals surface area contributed by atoms with E-state index in [1.165, 1.54) is 32.2 Å². The van der Waals surface area contributed by atoms with Gasteiger partial charge < -0.3 is 15.7 Å². The molecule has 0 amide bonds. The third kappa shape index (κ3) is 3.95. The van der Waals surface area contributed by atoms with Crippen LogP contribution in [0.15, 0.2) is 24.3 Å². The molecule has 2 unspecified atom stereocenters. The Morgan fingerprint density at radius 2 is 2.26 bits per heavy atom. The Kier molecular flexibility index (Phi) is 5.23. The Bertz CT molecular complexity index is 394. The standard InChI is InChI=1S/C16H26N2O/c1-2-15-8-3-4-10-18(15)11-9-16(19)13-6-5-7-14(17)12-13/h5-7,12,15-16,19H,2-4,8-11,17H2,1H3. The van der Waals surface area contributed by atoms with Crippen molar-refractivity contribution in [2.75, 3.05) is 18.8 Å². The van der Waals surface area contributed by atoms with Crippen LogP contribution in [0.1, 0.15) is 50.7 Å². The quantitative estimate of drug-likeness (QED) is 0.802. The average molecular weight is 262 g/mol. The van der Waals surface area contributed by atoms with Crippen LogP contribution >= 0.6 is 0 Å². The van der Waals surface area contributed by atoms with Gasteiger partial charge in [-0.3, -0.25) is 0 Å². The van der Waals surface area contributed by atoms with Gasteiger partial charge in [0.2, 0.25) is 0 Å². The summed E-state index contributed by atoms with van der Waals surface area (Å²) in [6.07, 6.45) is 5.57. The fourth-order valence-corrected chi connectivity index (χ4v) is 3.04. The number of hydrogen-bond acceptors (Lipinski definition) is 3. The van der Waals surface area contributed by atoms with E-state index in [-0.39, 0.29) is 0 Å². The van der Waals surface area contributed by atoms with Gasteiger partial charge in [-0.25, -0.2) is 0 Å². The molecule has 0 aromatic heterocycles. The number of hydrogen-bond donors (Lipinski definition) is 2. The molecule has 19 heavy (non-hydrogen) atoms. The molecule has 1 fully saturated rings. The van der Waals surface area contributed by atoms with Gasteiger partial charge in [0.05, 0.1) is 6.10 Å². The van der Waals surface area contributed by atoms with E-state index in [1.54, 1.807) is 0 Å². The van der Waals surface area contributed by atoms with Gasteiger partial charge in [0.1, 0.15) is 0 Å². The van der Waals surface area contributed by atoms with Gasteiger partial charge >= 0.3 is 0 Å². The Morgan fingerprint density at radius 1 is 1.42 bits per heavy atom. The van der Waals surface area contributed by atoms with Crippen molar-refractivity contribution in [1.82, 2.24) is 4.90 Å². The summed E-state index contributed by atoms with van der Waals surface area (Å²) >= 11 is 0. The van der Waals surface area contributed by atoms with E-state index in [2.05, 4.69) is 11.8 Å². The molecule has 3 nitrogen and oxygen atoms in total. The van der Waals surface area contributed by atoms with Gasteiger partial charge in [-0.2, -0.15) is 0 Å². The highest BCUT2D eigenvalue weighted by Crippen LogP contribution is 2.23. The predicted octanol–water partition coefficient (Wildman–Crippen LogP) is 2.96. The second-order valence-electron chi connectivity index (χ2n) is 5.57. The van der Waals surface area contributed by atoms with Gasteiger partial charge in [0.15, 0.2) is 0 Å². The maximum Gasteiger partial charge on any atom is 0.0803 e. The summed E-state index contributed by atoms with van der Waals surface area (Å²) < 4.78 is 0. The minimum atomic E-state index is -0.400. The third-order valence-electron chi connectivity index (χ3n) is 4.21. The first-order valence-corrected chi connectivity index (χ1v) is 7.48. The lowest BCUT2D eigenvalue weighted by molar-refractivity contribution is 0.101. The number of piperidine rings is 1. The summed E-state index contributed by atoms with van der Waals surface area (Å²) in [5.74, 6) is 0. The summed E-state index contributed by atoms with van der Waals surface area (Å²) in [6, 6.07) is 8.30. The van der Waals surface area contributed by atoms with E-state index < -0.39 is 6.10 Å². The molecule has 0 aliphatic carbocycles. The Morgan fingerprint density at radius 3 is 3.00 bits per heavy atom. The minimum Gasteiger partial charge on any atom is -0.399 e. The van der Waals surface area contributed by atoms with E-state index in [0.717, 1.165) is 24.2 Å². The molecule has 1 aliphatic rings. The first-order chi connectivity index (χ1) is 9.20. The molecule has 1 aromatic rings. The Hall–Kier alpha value is -1.06. The fourth-order valence-electron chi connectivity index (χ4n) is 3.04. The Balaban J connectivity index is 1.87. The van der Waals surface area contributed by atoms with Crippen LogP contribution in [-0.4, -0.2) is 29.1 Å². The van der Waals surface area contributed by atoms with Crippen LogP contribution in [0.4, 0.5) is 5.69 Å². The van der Waals surface area contributed by atoms with Crippen molar-refractivity contribution >= 4 is 5.69 Å². The van der Waals surface area contributed by atoms with Crippen molar-refractivity contribution in [3.8, 4) is 0 Å². The Labute approximate surface area is 116 Å². The molecule has 0 spiro atoms. The van der Waals surface area contributed by atoms with Crippen molar-refractivity contribution in [2.45, 2.75) is 51.2 Å². The molecular formula is C16H26N2O. The van der Waals surface area contributed by atoms with Crippen molar-refractivity contribution in [1.29, 1.82) is 0 Å². The van der Waals surface area contributed by atoms with Crippen LogP contribution < -0.4 is 5.73 Å². The SMILES string of the molecule is CCC1CCCCN1CCC(O)c1cccc(N)c1. The zero-order valence-corrected chi connectivity index (χ0v) is 11.9. The summed E-state index contributed by atoms with van der Waals surface area (Å²) in [6.45, 7) is 4.42. The molecule has 0 saturated carbocycles. The maximum absolute atomic E-state index is 10.3. The van der Waals surface area contributed by atoms with Crippen LogP contribution in [0.5, 0.6) is 0 Å². The second kappa shape index (κ2) is 6.92. The molecular weight excluding hydrogens is 236 g/mol. The molecule has 0 bridgehead atoms. The fraction of sp³-hybridized carbons (Fsp3) is 0.625. The smallest absolute Gasteiger partial charge is 0.0803 e. The van der Waals surface area contributed by atoms with Gasteiger partial charge in [-0.15, -0.1) is 0 Å². The van der Waals surface area contributed by atoms with Gasteiger partial charge in [-0.05, 0) is 49.9 Å². The number of aliphatic hydroxyl groups excluding tert-OH is 1. The molecule has 1 saturated heterocycles. The number of benzene rings is 1. The van der Waals surface area contributed by atoms with E-state index >= 15 is 0 Å².